The molecule has 0 aliphatic carbocycles. The van der Waals surface area contributed by atoms with Crippen LogP contribution in [-0.2, 0) is 11.2 Å². The average Bonchev–Trinajstić information content (AvgIpc) is 3.03. The summed E-state index contributed by atoms with van der Waals surface area (Å²) in [6.45, 7) is 7.84. The Hall–Kier alpha value is -2.23. The number of fused-ring (bicyclic) bond motifs is 3. The molecule has 1 N–H and O–H groups in total. The van der Waals surface area contributed by atoms with Crippen LogP contribution in [0, 0.1) is 5.92 Å². The van der Waals surface area contributed by atoms with Gasteiger partial charge in [0.1, 0.15) is 5.75 Å². The highest BCUT2D eigenvalue weighted by molar-refractivity contribution is 5.94. The zero-order valence-electron chi connectivity index (χ0n) is 13.2. The van der Waals surface area contributed by atoms with Crippen molar-refractivity contribution >= 4 is 22.4 Å². The van der Waals surface area contributed by atoms with E-state index in [-0.39, 0.29) is 6.04 Å². The maximum Gasteiger partial charge on any atom is 0.308 e. The van der Waals surface area contributed by atoms with Crippen LogP contribution in [0.1, 0.15) is 37.6 Å². The second kappa shape index (κ2) is 5.20. The van der Waals surface area contributed by atoms with E-state index in [1.54, 1.807) is 14.0 Å². The lowest BCUT2D eigenvalue weighted by molar-refractivity contribution is -0.142. The molecule has 0 bridgehead atoms. The highest BCUT2D eigenvalue weighted by Gasteiger charge is 2.33. The van der Waals surface area contributed by atoms with Crippen LogP contribution in [-0.4, -0.2) is 22.8 Å². The SMILES string of the molecule is C=C(C)c1cc(OC)cc2cc3n(c12)C(C(C)C(=O)O)CC3. The number of aliphatic carboxylic acids is 1. The number of carboxylic acids is 1. The molecular weight excluding hydrogens is 278 g/mol. The van der Waals surface area contributed by atoms with E-state index in [4.69, 9.17) is 4.74 Å². The van der Waals surface area contributed by atoms with Crippen LogP contribution in [0.3, 0.4) is 0 Å². The molecule has 4 nitrogen and oxygen atoms in total. The largest absolute Gasteiger partial charge is 0.497 e. The third kappa shape index (κ3) is 2.10. The number of allylic oxidation sites excluding steroid dienone is 1. The van der Waals surface area contributed by atoms with E-state index in [1.807, 2.05) is 19.1 Å². The summed E-state index contributed by atoms with van der Waals surface area (Å²) in [4.78, 5) is 11.4. The number of hydrogen-bond acceptors (Lipinski definition) is 2. The Morgan fingerprint density at radius 3 is 2.77 bits per heavy atom. The van der Waals surface area contributed by atoms with Crippen LogP contribution in [0.5, 0.6) is 5.75 Å². The van der Waals surface area contributed by atoms with Crippen LogP contribution >= 0.6 is 0 Å². The minimum atomic E-state index is -0.745. The lowest BCUT2D eigenvalue weighted by Crippen LogP contribution is -2.21. The van der Waals surface area contributed by atoms with Crippen molar-refractivity contribution in [2.45, 2.75) is 32.7 Å². The Labute approximate surface area is 130 Å². The second-order valence-corrected chi connectivity index (χ2v) is 6.13. The zero-order chi connectivity index (χ0) is 16.0. The molecule has 1 aromatic heterocycles. The van der Waals surface area contributed by atoms with Crippen LogP contribution in [0.2, 0.25) is 0 Å². The first-order chi connectivity index (χ1) is 10.4. The molecule has 22 heavy (non-hydrogen) atoms. The third-order valence-electron chi connectivity index (χ3n) is 4.68. The fourth-order valence-corrected chi connectivity index (χ4v) is 3.48. The Morgan fingerprint density at radius 2 is 2.18 bits per heavy atom. The monoisotopic (exact) mass is 299 g/mol. The first-order valence-electron chi connectivity index (χ1n) is 7.54. The minimum Gasteiger partial charge on any atom is -0.497 e. The summed E-state index contributed by atoms with van der Waals surface area (Å²) in [5.41, 5.74) is 4.27. The van der Waals surface area contributed by atoms with Crippen molar-refractivity contribution in [3.05, 3.63) is 36.0 Å². The van der Waals surface area contributed by atoms with E-state index in [1.165, 1.54) is 5.69 Å². The number of carboxylic acid groups (broad SMARTS) is 1. The van der Waals surface area contributed by atoms with Crippen molar-refractivity contribution in [2.24, 2.45) is 5.92 Å². The van der Waals surface area contributed by atoms with Gasteiger partial charge < -0.3 is 14.4 Å². The zero-order valence-corrected chi connectivity index (χ0v) is 13.2. The summed E-state index contributed by atoms with van der Waals surface area (Å²) in [7, 11) is 1.66. The topological polar surface area (TPSA) is 51.5 Å². The quantitative estimate of drug-likeness (QED) is 0.931. The smallest absolute Gasteiger partial charge is 0.308 e. The molecule has 116 valence electrons. The molecule has 2 atom stereocenters. The third-order valence-corrected chi connectivity index (χ3v) is 4.68. The number of rotatable bonds is 4. The van der Waals surface area contributed by atoms with E-state index in [0.717, 1.165) is 40.6 Å². The molecule has 4 heteroatoms. The number of ether oxygens (including phenoxy) is 1. The number of carbonyl (C=O) groups is 1. The standard InChI is InChI=1S/C18H21NO3/c1-10(2)15-9-14(22-4)8-12-7-13-5-6-16(11(3)18(20)21)19(13)17(12)15/h7-9,11,16H,1,5-6H2,2-4H3,(H,20,21). The van der Waals surface area contributed by atoms with Gasteiger partial charge in [0.05, 0.1) is 18.5 Å². The van der Waals surface area contributed by atoms with Gasteiger partial charge in [-0.15, -0.1) is 0 Å². The van der Waals surface area contributed by atoms with Gasteiger partial charge in [0.2, 0.25) is 0 Å². The van der Waals surface area contributed by atoms with Gasteiger partial charge in [-0.3, -0.25) is 4.79 Å². The summed E-state index contributed by atoms with van der Waals surface area (Å²) in [5, 5.41) is 10.5. The molecule has 0 saturated carbocycles. The lowest BCUT2D eigenvalue weighted by atomic mass is 9.98. The molecule has 2 heterocycles. The van der Waals surface area contributed by atoms with E-state index in [0.29, 0.717) is 0 Å². The first kappa shape index (κ1) is 14.7. The second-order valence-electron chi connectivity index (χ2n) is 6.13. The summed E-state index contributed by atoms with van der Waals surface area (Å²) >= 11 is 0. The van der Waals surface area contributed by atoms with Gasteiger partial charge in [-0.2, -0.15) is 0 Å². The summed E-state index contributed by atoms with van der Waals surface area (Å²) in [6.07, 6.45) is 1.79. The maximum absolute atomic E-state index is 11.4. The molecule has 1 aliphatic rings. The maximum atomic E-state index is 11.4. The van der Waals surface area contributed by atoms with Gasteiger partial charge in [0.25, 0.3) is 0 Å². The first-order valence-corrected chi connectivity index (χ1v) is 7.54. The van der Waals surface area contributed by atoms with Crippen molar-refractivity contribution in [3.8, 4) is 5.75 Å². The highest BCUT2D eigenvalue weighted by atomic mass is 16.5. The molecule has 0 radical (unpaired) electrons. The van der Waals surface area contributed by atoms with Gasteiger partial charge in [-0.25, -0.2) is 0 Å². The van der Waals surface area contributed by atoms with Crippen LogP contribution < -0.4 is 4.74 Å². The van der Waals surface area contributed by atoms with Crippen LogP contribution in [0.15, 0.2) is 24.8 Å². The van der Waals surface area contributed by atoms with E-state index in [9.17, 15) is 9.90 Å². The molecule has 3 rings (SSSR count). The number of methoxy groups -OCH3 is 1. The molecule has 0 amide bonds. The molecule has 1 aromatic carbocycles. The summed E-state index contributed by atoms with van der Waals surface area (Å²) in [5.74, 6) is -0.348. The van der Waals surface area contributed by atoms with Gasteiger partial charge in [-0.1, -0.05) is 6.58 Å². The van der Waals surface area contributed by atoms with Gasteiger partial charge in [0, 0.05) is 22.7 Å². The fraction of sp³-hybridized carbons (Fsp3) is 0.389. The number of aromatic nitrogens is 1. The van der Waals surface area contributed by atoms with E-state index >= 15 is 0 Å². The van der Waals surface area contributed by atoms with Crippen molar-refractivity contribution in [1.82, 2.24) is 4.57 Å². The Morgan fingerprint density at radius 1 is 1.45 bits per heavy atom. The van der Waals surface area contributed by atoms with Crippen molar-refractivity contribution in [1.29, 1.82) is 0 Å². The summed E-state index contributed by atoms with van der Waals surface area (Å²) < 4.78 is 7.59. The van der Waals surface area contributed by atoms with Gasteiger partial charge in [-0.05, 0) is 50.5 Å². The number of benzene rings is 1. The van der Waals surface area contributed by atoms with E-state index < -0.39 is 11.9 Å². The highest BCUT2D eigenvalue weighted by Crippen LogP contribution is 2.41. The Kier molecular flexibility index (Phi) is 3.47. The molecular formula is C18H21NO3. The van der Waals surface area contributed by atoms with Gasteiger partial charge in [0.15, 0.2) is 0 Å². The van der Waals surface area contributed by atoms with Crippen LogP contribution in [0.4, 0.5) is 0 Å². The lowest BCUT2D eigenvalue weighted by Gasteiger charge is -2.21. The van der Waals surface area contributed by atoms with E-state index in [2.05, 4.69) is 17.2 Å². The predicted octanol–water partition coefficient (Wildman–Crippen LogP) is 3.89. The molecule has 1 aliphatic heterocycles. The molecule has 2 unspecified atom stereocenters. The average molecular weight is 299 g/mol. The Balaban J connectivity index is 2.27. The molecule has 2 aromatic rings. The minimum absolute atomic E-state index is 0.00325. The number of aryl methyl sites for hydroxylation is 1. The predicted molar refractivity (Wildman–Crippen MR) is 87.4 cm³/mol. The fourth-order valence-electron chi connectivity index (χ4n) is 3.48. The van der Waals surface area contributed by atoms with Crippen LogP contribution in [0.25, 0.3) is 16.5 Å². The number of hydrogen-bond donors (Lipinski definition) is 1. The normalized spacial score (nSPS) is 18.2. The molecule has 0 spiro atoms. The van der Waals surface area contributed by atoms with Crippen molar-refractivity contribution < 1.29 is 14.6 Å². The summed E-state index contributed by atoms with van der Waals surface area (Å²) in [6, 6.07) is 6.14. The van der Waals surface area contributed by atoms with Crippen molar-refractivity contribution in [3.63, 3.8) is 0 Å². The van der Waals surface area contributed by atoms with Gasteiger partial charge >= 0.3 is 5.97 Å². The molecule has 0 saturated heterocycles. The van der Waals surface area contributed by atoms with Crippen molar-refractivity contribution in [2.75, 3.05) is 7.11 Å². The number of nitrogens with zero attached hydrogens (tertiary/aromatic N) is 1. The molecule has 0 fully saturated rings. The Bertz CT molecular complexity index is 772.